The molecule has 2 aliphatic rings. The van der Waals surface area contributed by atoms with Gasteiger partial charge in [0.25, 0.3) is 17.8 Å². The number of alkyl halides is 1. The Balaban J connectivity index is 1.13. The van der Waals surface area contributed by atoms with Gasteiger partial charge in [-0.05, 0) is 42.2 Å². The number of nitrogens with zero attached hydrogens (tertiary/aromatic N) is 4. The van der Waals surface area contributed by atoms with E-state index in [1.54, 1.807) is 23.1 Å². The standard InChI is InChI=1S/C27H27FN8O3/c28-8-9-29-22-13-18(26(38)36-10-7-21-23(15-36)34-35-33-21)5-6-20(22)32-25(37)24-14-30-27(39-24)31-19-11-16-3-1-2-4-17(16)12-19/h1-6,13-14,19,29H,7-12,15H2,(H,30,31)(H,32,37)(H,33,34,35). The van der Waals surface area contributed by atoms with E-state index >= 15 is 0 Å². The fraction of sp³-hybridized carbons (Fsp3) is 0.296. The minimum Gasteiger partial charge on any atom is -0.418 e. The first-order chi connectivity index (χ1) is 19.1. The molecule has 0 fully saturated rings. The number of halogens is 1. The van der Waals surface area contributed by atoms with Gasteiger partial charge < -0.3 is 25.3 Å². The third kappa shape index (κ3) is 5.17. The minimum absolute atomic E-state index is 0.0205. The summed E-state index contributed by atoms with van der Waals surface area (Å²) in [4.78, 5) is 32.0. The highest BCUT2D eigenvalue weighted by Gasteiger charge is 2.26. The van der Waals surface area contributed by atoms with Crippen molar-refractivity contribution < 1.29 is 18.4 Å². The zero-order chi connectivity index (χ0) is 26.8. The molecule has 12 heteroatoms. The fourth-order valence-corrected chi connectivity index (χ4v) is 5.04. The molecule has 0 saturated carbocycles. The van der Waals surface area contributed by atoms with Gasteiger partial charge in [0, 0.05) is 31.1 Å². The molecule has 3 heterocycles. The lowest BCUT2D eigenvalue weighted by atomic mass is 10.1. The van der Waals surface area contributed by atoms with Crippen LogP contribution in [0.3, 0.4) is 0 Å². The maximum atomic E-state index is 13.2. The van der Waals surface area contributed by atoms with Gasteiger partial charge in [-0.25, -0.2) is 9.37 Å². The van der Waals surface area contributed by atoms with Crippen molar-refractivity contribution in [3.05, 3.63) is 82.5 Å². The number of benzene rings is 2. The first kappa shape index (κ1) is 24.6. The van der Waals surface area contributed by atoms with Crippen LogP contribution in [0, 0.1) is 0 Å². The molecule has 4 N–H and O–H groups in total. The molecule has 2 aromatic heterocycles. The van der Waals surface area contributed by atoms with Crippen molar-refractivity contribution in [1.82, 2.24) is 25.3 Å². The highest BCUT2D eigenvalue weighted by molar-refractivity contribution is 6.05. The summed E-state index contributed by atoms with van der Waals surface area (Å²) in [6, 6.07) is 13.5. The van der Waals surface area contributed by atoms with Crippen LogP contribution in [-0.2, 0) is 25.8 Å². The van der Waals surface area contributed by atoms with E-state index in [1.165, 1.54) is 17.3 Å². The Labute approximate surface area is 223 Å². The second kappa shape index (κ2) is 10.6. The third-order valence-corrected chi connectivity index (χ3v) is 6.98. The predicted molar refractivity (Wildman–Crippen MR) is 141 cm³/mol. The Morgan fingerprint density at radius 2 is 1.87 bits per heavy atom. The molecule has 39 heavy (non-hydrogen) atoms. The SMILES string of the molecule is O=C(Nc1ccc(C(=O)N2CCc3n[nH]nc3C2)cc1NCCF)c1cnc(NC2Cc3ccccc3C2)o1. The normalized spacial score (nSPS) is 14.5. The van der Waals surface area contributed by atoms with Gasteiger partial charge in [-0.3, -0.25) is 9.59 Å². The van der Waals surface area contributed by atoms with E-state index in [9.17, 15) is 14.0 Å². The zero-order valence-electron chi connectivity index (χ0n) is 21.0. The summed E-state index contributed by atoms with van der Waals surface area (Å²) in [6.07, 6.45) is 3.68. The van der Waals surface area contributed by atoms with Crippen LogP contribution in [-0.4, -0.2) is 62.9 Å². The molecule has 2 aromatic carbocycles. The van der Waals surface area contributed by atoms with Gasteiger partial charge in [0.05, 0.1) is 29.8 Å². The van der Waals surface area contributed by atoms with Crippen LogP contribution >= 0.6 is 0 Å². The summed E-state index contributed by atoms with van der Waals surface area (Å²) in [6.45, 7) is 0.269. The van der Waals surface area contributed by atoms with E-state index in [4.69, 9.17) is 4.42 Å². The molecule has 200 valence electrons. The number of rotatable bonds is 8. The second-order valence-electron chi connectivity index (χ2n) is 9.57. The number of H-pyrrole nitrogens is 1. The number of nitrogens with one attached hydrogen (secondary N) is 4. The number of fused-ring (bicyclic) bond motifs is 2. The molecule has 0 bridgehead atoms. The lowest BCUT2D eigenvalue weighted by Gasteiger charge is -2.26. The van der Waals surface area contributed by atoms with E-state index in [0.717, 1.165) is 24.2 Å². The number of hydrogen-bond acceptors (Lipinski definition) is 8. The predicted octanol–water partition coefficient (Wildman–Crippen LogP) is 3.20. The van der Waals surface area contributed by atoms with E-state index in [0.29, 0.717) is 36.4 Å². The van der Waals surface area contributed by atoms with Crippen molar-refractivity contribution >= 4 is 29.2 Å². The van der Waals surface area contributed by atoms with Crippen molar-refractivity contribution in [2.75, 3.05) is 35.7 Å². The molecule has 0 saturated heterocycles. The molecule has 1 aliphatic carbocycles. The van der Waals surface area contributed by atoms with Gasteiger partial charge in [-0.1, -0.05) is 24.3 Å². The molecular weight excluding hydrogens is 503 g/mol. The van der Waals surface area contributed by atoms with Gasteiger partial charge >= 0.3 is 0 Å². The number of amides is 2. The molecule has 0 spiro atoms. The first-order valence-corrected chi connectivity index (χ1v) is 12.8. The summed E-state index contributed by atoms with van der Waals surface area (Å²) >= 11 is 0. The Kier molecular flexibility index (Phi) is 6.66. The van der Waals surface area contributed by atoms with Crippen LogP contribution in [0.1, 0.15) is 43.4 Å². The summed E-state index contributed by atoms with van der Waals surface area (Å²) in [5, 5.41) is 19.8. The second-order valence-corrected chi connectivity index (χ2v) is 9.57. The number of carbonyl (C=O) groups is 2. The average molecular weight is 531 g/mol. The quantitative estimate of drug-likeness (QED) is 0.272. The number of carbonyl (C=O) groups excluding carboxylic acids is 2. The van der Waals surface area contributed by atoms with Crippen LogP contribution < -0.4 is 16.0 Å². The number of oxazole rings is 1. The van der Waals surface area contributed by atoms with Crippen molar-refractivity contribution in [3.63, 3.8) is 0 Å². The van der Waals surface area contributed by atoms with Gasteiger partial charge in [0.1, 0.15) is 12.4 Å². The molecule has 1 aliphatic heterocycles. The monoisotopic (exact) mass is 530 g/mol. The summed E-state index contributed by atoms with van der Waals surface area (Å²) in [7, 11) is 0. The van der Waals surface area contributed by atoms with Crippen LogP contribution in [0.25, 0.3) is 0 Å². The van der Waals surface area contributed by atoms with Crippen LogP contribution in [0.15, 0.2) is 53.1 Å². The highest BCUT2D eigenvalue weighted by Crippen LogP contribution is 2.27. The summed E-state index contributed by atoms with van der Waals surface area (Å²) in [5.74, 6) is -0.673. The lowest BCUT2D eigenvalue weighted by Crippen LogP contribution is -2.36. The Morgan fingerprint density at radius 3 is 2.67 bits per heavy atom. The molecule has 0 atom stereocenters. The zero-order valence-corrected chi connectivity index (χ0v) is 21.0. The lowest BCUT2D eigenvalue weighted by molar-refractivity contribution is 0.0732. The van der Waals surface area contributed by atoms with Crippen molar-refractivity contribution in [1.29, 1.82) is 0 Å². The minimum atomic E-state index is -0.616. The molecule has 4 aromatic rings. The number of aromatic nitrogens is 4. The van der Waals surface area contributed by atoms with Crippen molar-refractivity contribution in [2.24, 2.45) is 0 Å². The smallest absolute Gasteiger partial charge is 0.295 e. The fourth-order valence-electron chi connectivity index (χ4n) is 5.04. The van der Waals surface area contributed by atoms with Crippen LogP contribution in [0.2, 0.25) is 0 Å². The molecule has 2 amide bonds. The summed E-state index contributed by atoms with van der Waals surface area (Å²) < 4.78 is 18.7. The molecule has 0 unspecified atom stereocenters. The third-order valence-electron chi connectivity index (χ3n) is 6.98. The summed E-state index contributed by atoms with van der Waals surface area (Å²) in [5.41, 5.74) is 5.40. The van der Waals surface area contributed by atoms with Crippen LogP contribution in [0.4, 0.5) is 21.8 Å². The van der Waals surface area contributed by atoms with E-state index in [2.05, 4.69) is 48.5 Å². The largest absolute Gasteiger partial charge is 0.418 e. The molecule has 11 nitrogen and oxygen atoms in total. The first-order valence-electron chi connectivity index (χ1n) is 12.8. The Morgan fingerprint density at radius 1 is 1.08 bits per heavy atom. The maximum Gasteiger partial charge on any atom is 0.295 e. The van der Waals surface area contributed by atoms with E-state index in [-0.39, 0.29) is 30.3 Å². The topological polar surface area (TPSA) is 141 Å². The average Bonchev–Trinajstić information content (AvgIpc) is 3.71. The van der Waals surface area contributed by atoms with Gasteiger partial charge in [-0.15, -0.1) is 0 Å². The molecular formula is C27H27FN8O3. The molecule has 6 rings (SSSR count). The van der Waals surface area contributed by atoms with Crippen molar-refractivity contribution in [2.45, 2.75) is 31.8 Å². The van der Waals surface area contributed by atoms with E-state index in [1.807, 2.05) is 12.1 Å². The van der Waals surface area contributed by atoms with Crippen molar-refractivity contribution in [3.8, 4) is 0 Å². The highest BCUT2D eigenvalue weighted by atomic mass is 19.1. The van der Waals surface area contributed by atoms with E-state index < -0.39 is 12.6 Å². The maximum absolute atomic E-state index is 13.2. The molecule has 0 radical (unpaired) electrons. The number of aromatic amines is 1. The van der Waals surface area contributed by atoms with Gasteiger partial charge in [0.2, 0.25) is 5.76 Å². The Hall–Kier alpha value is -4.74. The number of hydrogen-bond donors (Lipinski definition) is 4. The Bertz CT molecular complexity index is 1490. The number of anilines is 3. The van der Waals surface area contributed by atoms with Gasteiger partial charge in [0.15, 0.2) is 0 Å². The van der Waals surface area contributed by atoms with Gasteiger partial charge in [-0.2, -0.15) is 15.4 Å². The van der Waals surface area contributed by atoms with Crippen LogP contribution in [0.5, 0.6) is 0 Å².